The zero-order valence-corrected chi connectivity index (χ0v) is 16.6. The average Bonchev–Trinajstić information content (AvgIpc) is 2.67. The van der Waals surface area contributed by atoms with Gasteiger partial charge in [-0.3, -0.25) is 9.52 Å². The molecule has 144 valence electrons. The molecule has 0 fully saturated rings. The molecule has 0 aliphatic carbocycles. The van der Waals surface area contributed by atoms with Crippen molar-refractivity contribution < 1.29 is 13.2 Å². The summed E-state index contributed by atoms with van der Waals surface area (Å²) in [5.74, 6) is -0.323. The molecule has 0 atom stereocenters. The Morgan fingerprint density at radius 3 is 2.39 bits per heavy atom. The Bertz CT molecular complexity index is 1110. The molecule has 0 saturated carbocycles. The second-order valence-corrected chi connectivity index (χ2v) is 8.29. The van der Waals surface area contributed by atoms with Crippen molar-refractivity contribution >= 4 is 21.6 Å². The summed E-state index contributed by atoms with van der Waals surface area (Å²) >= 11 is 0. The van der Waals surface area contributed by atoms with Crippen molar-refractivity contribution in [1.82, 2.24) is 5.32 Å². The van der Waals surface area contributed by atoms with Gasteiger partial charge in [-0.2, -0.15) is 0 Å². The van der Waals surface area contributed by atoms with Gasteiger partial charge in [-0.25, -0.2) is 8.42 Å². The fourth-order valence-electron chi connectivity index (χ4n) is 2.81. The van der Waals surface area contributed by atoms with Crippen LogP contribution in [0.2, 0.25) is 0 Å². The topological polar surface area (TPSA) is 75.3 Å². The lowest BCUT2D eigenvalue weighted by Gasteiger charge is -2.11. The quantitative estimate of drug-likeness (QED) is 0.663. The second kappa shape index (κ2) is 8.27. The number of hydrogen-bond acceptors (Lipinski definition) is 3. The van der Waals surface area contributed by atoms with Gasteiger partial charge in [0.25, 0.3) is 15.9 Å². The van der Waals surface area contributed by atoms with Crippen molar-refractivity contribution in [3.8, 4) is 0 Å². The second-order valence-electron chi connectivity index (χ2n) is 6.61. The van der Waals surface area contributed by atoms with Crippen LogP contribution in [0.25, 0.3) is 0 Å². The van der Waals surface area contributed by atoms with E-state index in [1.54, 1.807) is 30.3 Å². The number of benzene rings is 3. The van der Waals surface area contributed by atoms with Gasteiger partial charge >= 0.3 is 0 Å². The highest BCUT2D eigenvalue weighted by Gasteiger charge is 2.16. The number of carbonyl (C=O) groups excluding carboxylic acids is 1. The molecule has 0 saturated heterocycles. The monoisotopic (exact) mass is 394 g/mol. The maximum Gasteiger partial charge on any atom is 0.261 e. The number of sulfonamides is 1. The Balaban J connectivity index is 1.75. The molecule has 0 aromatic heterocycles. The Hall–Kier alpha value is -3.12. The van der Waals surface area contributed by atoms with E-state index in [0.717, 1.165) is 16.7 Å². The van der Waals surface area contributed by atoms with Gasteiger partial charge in [-0.15, -0.1) is 0 Å². The van der Waals surface area contributed by atoms with E-state index in [4.69, 9.17) is 0 Å². The highest BCUT2D eigenvalue weighted by Crippen LogP contribution is 2.18. The molecule has 3 rings (SSSR count). The minimum atomic E-state index is -3.79. The van der Waals surface area contributed by atoms with Crippen LogP contribution in [0.1, 0.15) is 27.0 Å². The maximum absolute atomic E-state index is 12.7. The average molecular weight is 394 g/mol. The number of hydrogen-bond donors (Lipinski definition) is 2. The van der Waals surface area contributed by atoms with Gasteiger partial charge in [0, 0.05) is 17.8 Å². The van der Waals surface area contributed by atoms with E-state index < -0.39 is 10.0 Å². The third kappa shape index (κ3) is 4.78. The third-order valence-corrected chi connectivity index (χ3v) is 5.76. The lowest BCUT2D eigenvalue weighted by Crippen LogP contribution is -2.23. The summed E-state index contributed by atoms with van der Waals surface area (Å²) in [6.45, 7) is 4.24. The van der Waals surface area contributed by atoms with E-state index in [2.05, 4.69) is 10.0 Å². The van der Waals surface area contributed by atoms with E-state index in [1.807, 2.05) is 44.2 Å². The van der Waals surface area contributed by atoms with E-state index in [9.17, 15) is 13.2 Å². The molecule has 3 aromatic rings. The Morgan fingerprint density at radius 2 is 1.64 bits per heavy atom. The summed E-state index contributed by atoms with van der Waals surface area (Å²) in [5, 5.41) is 2.84. The van der Waals surface area contributed by atoms with Crippen LogP contribution in [0.3, 0.4) is 0 Å². The fourth-order valence-corrected chi connectivity index (χ4v) is 3.91. The SMILES string of the molecule is Cc1cccc(NS(=O)(=O)c2cccc(C(=O)NCc3ccccc3C)c2)c1. The van der Waals surface area contributed by atoms with Crippen LogP contribution < -0.4 is 10.0 Å². The highest BCUT2D eigenvalue weighted by molar-refractivity contribution is 7.92. The van der Waals surface area contributed by atoms with Crippen LogP contribution in [0, 0.1) is 13.8 Å². The van der Waals surface area contributed by atoms with Crippen molar-refractivity contribution in [2.45, 2.75) is 25.3 Å². The molecular formula is C22H22N2O3S. The largest absolute Gasteiger partial charge is 0.348 e. The molecule has 0 aliphatic rings. The molecule has 28 heavy (non-hydrogen) atoms. The summed E-state index contributed by atoms with van der Waals surface area (Å²) in [7, 11) is -3.79. The van der Waals surface area contributed by atoms with Crippen LogP contribution in [0.4, 0.5) is 5.69 Å². The molecule has 0 heterocycles. The first-order valence-corrected chi connectivity index (χ1v) is 10.4. The number of nitrogens with one attached hydrogen (secondary N) is 2. The first kappa shape index (κ1) is 19.6. The standard InChI is InChI=1S/C22H22N2O3S/c1-16-7-5-11-20(13-16)24-28(26,27)21-12-6-10-18(14-21)22(25)23-15-19-9-4-3-8-17(19)2/h3-14,24H,15H2,1-2H3,(H,23,25). The predicted molar refractivity (Wildman–Crippen MR) is 111 cm³/mol. The summed E-state index contributed by atoms with van der Waals surface area (Å²) in [6.07, 6.45) is 0. The molecule has 1 amide bonds. The highest BCUT2D eigenvalue weighted by atomic mass is 32.2. The zero-order chi connectivity index (χ0) is 20.1. The summed E-state index contributed by atoms with van der Waals surface area (Å²) in [5.41, 5.74) is 3.82. The molecule has 3 aromatic carbocycles. The lowest BCUT2D eigenvalue weighted by atomic mass is 10.1. The van der Waals surface area contributed by atoms with E-state index >= 15 is 0 Å². The number of anilines is 1. The molecule has 0 aliphatic heterocycles. The lowest BCUT2D eigenvalue weighted by molar-refractivity contribution is 0.0950. The maximum atomic E-state index is 12.7. The van der Waals surface area contributed by atoms with Gasteiger partial charge in [-0.1, -0.05) is 42.5 Å². The molecule has 0 unspecified atom stereocenters. The van der Waals surface area contributed by atoms with Crippen molar-refractivity contribution in [3.63, 3.8) is 0 Å². The van der Waals surface area contributed by atoms with Crippen LogP contribution in [-0.2, 0) is 16.6 Å². The van der Waals surface area contributed by atoms with Gasteiger partial charge in [0.2, 0.25) is 0 Å². The normalized spacial score (nSPS) is 11.1. The summed E-state index contributed by atoms with van der Waals surface area (Å²) < 4.78 is 27.9. The van der Waals surface area contributed by atoms with Gasteiger partial charge < -0.3 is 5.32 Å². The van der Waals surface area contributed by atoms with Crippen LogP contribution in [-0.4, -0.2) is 14.3 Å². The van der Waals surface area contributed by atoms with Gasteiger partial charge in [0.1, 0.15) is 0 Å². The molecular weight excluding hydrogens is 372 g/mol. The summed E-state index contributed by atoms with van der Waals surface area (Å²) in [6, 6.07) is 20.9. The Morgan fingerprint density at radius 1 is 0.893 bits per heavy atom. The van der Waals surface area contributed by atoms with E-state index in [1.165, 1.54) is 12.1 Å². The first-order valence-electron chi connectivity index (χ1n) is 8.87. The molecule has 5 nitrogen and oxygen atoms in total. The first-order chi connectivity index (χ1) is 13.3. The Kier molecular flexibility index (Phi) is 5.80. The van der Waals surface area contributed by atoms with Gasteiger partial charge in [0.05, 0.1) is 4.90 Å². The third-order valence-electron chi connectivity index (χ3n) is 4.38. The number of carbonyl (C=O) groups is 1. The van der Waals surface area contributed by atoms with Gasteiger partial charge in [0.15, 0.2) is 0 Å². The van der Waals surface area contributed by atoms with Crippen LogP contribution in [0.5, 0.6) is 0 Å². The van der Waals surface area contributed by atoms with Crippen molar-refractivity contribution in [1.29, 1.82) is 0 Å². The number of aryl methyl sites for hydroxylation is 2. The minimum Gasteiger partial charge on any atom is -0.348 e. The fraction of sp³-hybridized carbons (Fsp3) is 0.136. The van der Waals surface area contributed by atoms with E-state index in [-0.39, 0.29) is 10.8 Å². The molecule has 0 radical (unpaired) electrons. The van der Waals surface area contributed by atoms with Gasteiger partial charge in [-0.05, 0) is 60.9 Å². The van der Waals surface area contributed by atoms with E-state index in [0.29, 0.717) is 17.8 Å². The Labute approximate surface area is 165 Å². The predicted octanol–water partition coefficient (Wildman–Crippen LogP) is 4.03. The van der Waals surface area contributed by atoms with Crippen molar-refractivity contribution in [2.24, 2.45) is 0 Å². The van der Waals surface area contributed by atoms with Crippen molar-refractivity contribution in [3.05, 3.63) is 95.1 Å². The minimum absolute atomic E-state index is 0.0394. The van der Waals surface area contributed by atoms with Crippen LogP contribution in [0.15, 0.2) is 77.7 Å². The summed E-state index contributed by atoms with van der Waals surface area (Å²) in [4.78, 5) is 12.5. The number of amides is 1. The molecule has 0 bridgehead atoms. The van der Waals surface area contributed by atoms with Crippen molar-refractivity contribution in [2.75, 3.05) is 4.72 Å². The zero-order valence-electron chi connectivity index (χ0n) is 15.8. The molecule has 6 heteroatoms. The number of rotatable bonds is 6. The molecule has 0 spiro atoms. The smallest absolute Gasteiger partial charge is 0.261 e. The van der Waals surface area contributed by atoms with Crippen LogP contribution >= 0.6 is 0 Å². The molecule has 2 N–H and O–H groups in total.